The van der Waals surface area contributed by atoms with Crippen molar-refractivity contribution in [2.45, 2.75) is 65.2 Å². The molecule has 0 aliphatic heterocycles. The highest BCUT2D eigenvalue weighted by atomic mass is 16.5. The molecular weight excluding hydrogens is 226 g/mol. The molecule has 0 aromatic rings. The maximum atomic E-state index is 9.91. The summed E-state index contributed by atoms with van der Waals surface area (Å²) in [4.78, 5) is 12.4. The van der Waals surface area contributed by atoms with Crippen molar-refractivity contribution >= 4 is 6.47 Å². The van der Waals surface area contributed by atoms with E-state index in [-0.39, 0.29) is 0 Å². The first kappa shape index (κ1) is 17.4. The van der Waals surface area contributed by atoms with Gasteiger partial charge in [-0.2, -0.15) is 0 Å². The lowest BCUT2D eigenvalue weighted by molar-refractivity contribution is -0.128. The van der Waals surface area contributed by atoms with Crippen LogP contribution >= 0.6 is 0 Å². The van der Waals surface area contributed by atoms with Gasteiger partial charge in [-0.3, -0.25) is 4.79 Å². The van der Waals surface area contributed by atoms with Gasteiger partial charge in [0.2, 0.25) is 0 Å². The van der Waals surface area contributed by atoms with Crippen LogP contribution < -0.4 is 0 Å². The van der Waals surface area contributed by atoms with Gasteiger partial charge < -0.3 is 9.64 Å². The fraction of sp³-hybridized carbons (Fsp3) is 0.933. The first-order chi connectivity index (χ1) is 8.85. The minimum absolute atomic E-state index is 0.538. The third-order valence-electron chi connectivity index (χ3n) is 3.45. The van der Waals surface area contributed by atoms with Crippen LogP contribution in [0.3, 0.4) is 0 Å². The van der Waals surface area contributed by atoms with E-state index in [1.807, 2.05) is 0 Å². The Balaban J connectivity index is 3.05. The maximum Gasteiger partial charge on any atom is 0.293 e. The zero-order valence-electron chi connectivity index (χ0n) is 12.3. The standard InChI is InChI=1S/C15H31NO2/c1-3-16(4-2)13-11-9-7-5-6-8-10-12-14-18-15-17/h15H,3-14H2,1-2H3. The van der Waals surface area contributed by atoms with Crippen LogP contribution in [0.4, 0.5) is 0 Å². The molecule has 3 heteroatoms. The molecular formula is C15H31NO2. The van der Waals surface area contributed by atoms with Crippen molar-refractivity contribution in [1.82, 2.24) is 4.90 Å². The predicted molar refractivity (Wildman–Crippen MR) is 76.7 cm³/mol. The maximum absolute atomic E-state index is 9.91. The molecule has 0 unspecified atom stereocenters. The highest BCUT2D eigenvalue weighted by molar-refractivity contribution is 5.36. The number of rotatable bonds is 14. The van der Waals surface area contributed by atoms with E-state index in [0.29, 0.717) is 13.1 Å². The summed E-state index contributed by atoms with van der Waals surface area (Å²) in [7, 11) is 0. The predicted octanol–water partition coefficient (Wildman–Crippen LogP) is 3.62. The van der Waals surface area contributed by atoms with E-state index in [0.717, 1.165) is 6.42 Å². The monoisotopic (exact) mass is 257 g/mol. The lowest BCUT2D eigenvalue weighted by atomic mass is 10.1. The van der Waals surface area contributed by atoms with E-state index >= 15 is 0 Å². The highest BCUT2D eigenvalue weighted by Gasteiger charge is 1.98. The van der Waals surface area contributed by atoms with E-state index in [2.05, 4.69) is 23.5 Å². The van der Waals surface area contributed by atoms with E-state index < -0.39 is 0 Å². The molecule has 0 rings (SSSR count). The number of hydrogen-bond donors (Lipinski definition) is 0. The molecule has 108 valence electrons. The van der Waals surface area contributed by atoms with Crippen molar-refractivity contribution in [2.24, 2.45) is 0 Å². The van der Waals surface area contributed by atoms with Crippen LogP contribution in [0.2, 0.25) is 0 Å². The summed E-state index contributed by atoms with van der Waals surface area (Å²) in [5.41, 5.74) is 0. The summed E-state index contributed by atoms with van der Waals surface area (Å²) >= 11 is 0. The number of carbonyl (C=O) groups excluding carboxylic acids is 1. The summed E-state index contributed by atoms with van der Waals surface area (Å²) in [6.45, 7) is 9.22. The molecule has 0 aromatic carbocycles. The number of hydrogen-bond acceptors (Lipinski definition) is 3. The second-order valence-corrected chi connectivity index (χ2v) is 4.82. The van der Waals surface area contributed by atoms with Crippen LogP contribution in [0.15, 0.2) is 0 Å². The first-order valence-electron chi connectivity index (χ1n) is 7.62. The average molecular weight is 257 g/mol. The fourth-order valence-corrected chi connectivity index (χ4v) is 2.17. The normalized spacial score (nSPS) is 10.8. The van der Waals surface area contributed by atoms with Crippen LogP contribution in [-0.2, 0) is 9.53 Å². The summed E-state index contributed by atoms with van der Waals surface area (Å²) < 4.78 is 4.65. The second-order valence-electron chi connectivity index (χ2n) is 4.82. The van der Waals surface area contributed by atoms with Crippen LogP contribution in [0, 0.1) is 0 Å². The van der Waals surface area contributed by atoms with Crippen LogP contribution in [0.25, 0.3) is 0 Å². The molecule has 0 saturated heterocycles. The van der Waals surface area contributed by atoms with Crippen molar-refractivity contribution in [3.05, 3.63) is 0 Å². The molecule has 0 aliphatic rings. The Labute approximate surface area is 113 Å². The number of unbranched alkanes of at least 4 members (excludes halogenated alkanes) is 7. The van der Waals surface area contributed by atoms with Gasteiger partial charge in [0.25, 0.3) is 6.47 Å². The van der Waals surface area contributed by atoms with E-state index in [1.165, 1.54) is 64.6 Å². The molecule has 0 amide bonds. The Morgan fingerprint density at radius 1 is 0.833 bits per heavy atom. The lowest BCUT2D eigenvalue weighted by Gasteiger charge is -2.17. The molecule has 0 saturated carbocycles. The van der Waals surface area contributed by atoms with Crippen LogP contribution in [0.1, 0.15) is 65.2 Å². The zero-order chi connectivity index (χ0) is 13.5. The molecule has 0 aromatic heterocycles. The topological polar surface area (TPSA) is 29.5 Å². The van der Waals surface area contributed by atoms with E-state index in [1.54, 1.807) is 0 Å². The third kappa shape index (κ3) is 11.9. The smallest absolute Gasteiger partial charge is 0.293 e. The minimum Gasteiger partial charge on any atom is -0.468 e. The summed E-state index contributed by atoms with van der Waals surface area (Å²) in [5.74, 6) is 0. The van der Waals surface area contributed by atoms with Crippen molar-refractivity contribution in [3.63, 3.8) is 0 Å². The van der Waals surface area contributed by atoms with Gasteiger partial charge in [0.15, 0.2) is 0 Å². The Hall–Kier alpha value is -0.570. The Kier molecular flexibility index (Phi) is 14.0. The van der Waals surface area contributed by atoms with Gasteiger partial charge in [-0.05, 0) is 32.5 Å². The molecule has 0 fully saturated rings. The number of carbonyl (C=O) groups is 1. The van der Waals surface area contributed by atoms with Crippen LogP contribution in [0.5, 0.6) is 0 Å². The molecule has 0 heterocycles. The first-order valence-corrected chi connectivity index (χ1v) is 7.62. The Bertz CT molecular complexity index is 170. The molecule has 0 radical (unpaired) electrons. The summed E-state index contributed by atoms with van der Waals surface area (Å²) in [5, 5.41) is 0. The molecule has 0 N–H and O–H groups in total. The van der Waals surface area contributed by atoms with Gasteiger partial charge in [-0.15, -0.1) is 0 Å². The Morgan fingerprint density at radius 2 is 1.33 bits per heavy atom. The highest BCUT2D eigenvalue weighted by Crippen LogP contribution is 2.09. The molecule has 0 bridgehead atoms. The van der Waals surface area contributed by atoms with E-state index in [4.69, 9.17) is 0 Å². The largest absolute Gasteiger partial charge is 0.468 e. The summed E-state index contributed by atoms with van der Waals surface area (Å²) in [6.07, 6.45) is 10.2. The van der Waals surface area contributed by atoms with Crippen molar-refractivity contribution < 1.29 is 9.53 Å². The molecule has 0 spiro atoms. The van der Waals surface area contributed by atoms with Gasteiger partial charge in [-0.1, -0.05) is 52.4 Å². The molecule has 0 aliphatic carbocycles. The quantitative estimate of drug-likeness (QED) is 0.351. The SMILES string of the molecule is CCN(CC)CCCCCCCCCCOC=O. The third-order valence-corrected chi connectivity index (χ3v) is 3.45. The fourth-order valence-electron chi connectivity index (χ4n) is 2.17. The van der Waals surface area contributed by atoms with Gasteiger partial charge in [0.1, 0.15) is 0 Å². The molecule has 0 atom stereocenters. The number of nitrogens with zero attached hydrogens (tertiary/aromatic N) is 1. The van der Waals surface area contributed by atoms with Gasteiger partial charge >= 0.3 is 0 Å². The van der Waals surface area contributed by atoms with Crippen molar-refractivity contribution in [2.75, 3.05) is 26.2 Å². The Morgan fingerprint density at radius 3 is 1.83 bits per heavy atom. The molecule has 18 heavy (non-hydrogen) atoms. The minimum atomic E-state index is 0.538. The van der Waals surface area contributed by atoms with Crippen LogP contribution in [-0.4, -0.2) is 37.6 Å². The molecule has 3 nitrogen and oxygen atoms in total. The van der Waals surface area contributed by atoms with E-state index in [9.17, 15) is 4.79 Å². The zero-order valence-corrected chi connectivity index (χ0v) is 12.3. The van der Waals surface area contributed by atoms with Gasteiger partial charge in [0.05, 0.1) is 6.61 Å². The average Bonchev–Trinajstić information content (AvgIpc) is 2.40. The lowest BCUT2D eigenvalue weighted by Crippen LogP contribution is -2.23. The second kappa shape index (κ2) is 14.5. The number of ether oxygens (including phenoxy) is 1. The van der Waals surface area contributed by atoms with Gasteiger partial charge in [-0.25, -0.2) is 0 Å². The van der Waals surface area contributed by atoms with Crippen molar-refractivity contribution in [3.8, 4) is 0 Å². The van der Waals surface area contributed by atoms with Gasteiger partial charge in [0, 0.05) is 0 Å². The van der Waals surface area contributed by atoms with Crippen molar-refractivity contribution in [1.29, 1.82) is 0 Å². The summed E-state index contributed by atoms with van der Waals surface area (Å²) in [6, 6.07) is 0.